The van der Waals surface area contributed by atoms with Gasteiger partial charge in [0.1, 0.15) is 5.52 Å². The summed E-state index contributed by atoms with van der Waals surface area (Å²) >= 11 is 0. The van der Waals surface area contributed by atoms with Gasteiger partial charge in [-0.15, -0.1) is 0 Å². The van der Waals surface area contributed by atoms with Crippen molar-refractivity contribution < 1.29 is 13.2 Å². The highest BCUT2D eigenvalue weighted by atomic mass is 32.2. The van der Waals surface area contributed by atoms with Crippen LogP contribution < -0.4 is 10.5 Å². The smallest absolute Gasteiger partial charge is 0.275 e. The Kier molecular flexibility index (Phi) is 5.16. The lowest BCUT2D eigenvalue weighted by Crippen LogP contribution is -2.29. The molecule has 2 unspecified atom stereocenters. The number of likely N-dealkylation sites (N-methyl/N-ethyl adjacent to an activating group) is 1. The second-order valence-corrected chi connectivity index (χ2v) is 13.1. The van der Waals surface area contributed by atoms with Crippen LogP contribution in [0.2, 0.25) is 0 Å². The number of anilines is 1. The number of aryl methyl sites for hydroxylation is 4. The normalized spacial score (nSPS) is 19.9. The first-order chi connectivity index (χ1) is 19.5. The maximum Gasteiger partial charge on any atom is 0.275 e. The molecule has 9 nitrogen and oxygen atoms in total. The van der Waals surface area contributed by atoms with Gasteiger partial charge in [0.25, 0.3) is 15.6 Å². The van der Waals surface area contributed by atoms with E-state index in [1.165, 1.54) is 8.54 Å². The van der Waals surface area contributed by atoms with Gasteiger partial charge in [0.15, 0.2) is 0 Å². The fourth-order valence-corrected chi connectivity index (χ4v) is 8.16. The van der Waals surface area contributed by atoms with Crippen LogP contribution in [-0.2, 0) is 34.3 Å². The average Bonchev–Trinajstić information content (AvgIpc) is 3.32. The summed E-state index contributed by atoms with van der Waals surface area (Å²) in [6.45, 7) is 3.70. The summed E-state index contributed by atoms with van der Waals surface area (Å²) in [6.07, 6.45) is 4.11. The van der Waals surface area contributed by atoms with Gasteiger partial charge in [-0.1, -0.05) is 35.9 Å². The number of benzene rings is 2. The Hall–Kier alpha value is -4.44. The molecule has 0 saturated heterocycles. The predicted octanol–water partition coefficient (Wildman–Crippen LogP) is 4.00. The quantitative estimate of drug-likeness (QED) is 0.327. The van der Waals surface area contributed by atoms with E-state index in [2.05, 4.69) is 5.10 Å². The van der Waals surface area contributed by atoms with Crippen molar-refractivity contribution in [1.82, 2.24) is 18.3 Å². The molecule has 10 heteroatoms. The van der Waals surface area contributed by atoms with Crippen molar-refractivity contribution in [3.63, 3.8) is 0 Å². The van der Waals surface area contributed by atoms with Gasteiger partial charge in [-0.3, -0.25) is 14.3 Å². The Labute approximate surface area is 237 Å². The molecule has 0 bridgehead atoms. The lowest BCUT2D eigenvalue weighted by molar-refractivity contribution is -0.120. The monoisotopic (exact) mass is 567 g/mol. The van der Waals surface area contributed by atoms with Gasteiger partial charge in [-0.25, -0.2) is 12.4 Å². The molecule has 2 atom stereocenters. The number of carbonyl (C=O) groups excluding carboxylic acids is 1. The molecule has 5 aromatic rings. The first-order valence-electron chi connectivity index (χ1n) is 13.4. The average molecular weight is 568 g/mol. The van der Waals surface area contributed by atoms with E-state index in [4.69, 9.17) is 0 Å². The first-order valence-corrected chi connectivity index (χ1v) is 14.9. The fourth-order valence-electron chi connectivity index (χ4n) is 6.64. The highest BCUT2D eigenvalue weighted by Crippen LogP contribution is 2.66. The number of aromatic nitrogens is 4. The minimum absolute atomic E-state index is 0.0146. The molecular formula is C31H29N5O4S. The lowest BCUT2D eigenvalue weighted by Gasteiger charge is -2.14. The van der Waals surface area contributed by atoms with Crippen molar-refractivity contribution in [2.75, 3.05) is 11.9 Å². The topological polar surface area (TPSA) is 99.2 Å². The number of rotatable bonds is 4. The zero-order valence-corrected chi connectivity index (χ0v) is 24.2. The number of carbonyl (C=O) groups is 1. The highest BCUT2D eigenvalue weighted by Gasteiger charge is 2.67. The maximum absolute atomic E-state index is 14.3. The summed E-state index contributed by atoms with van der Waals surface area (Å²) in [5.74, 6) is -0.197. The number of hydrogen-bond donors (Lipinski definition) is 0. The third-order valence-corrected chi connectivity index (χ3v) is 10.5. The Balaban J connectivity index is 1.54. The summed E-state index contributed by atoms with van der Waals surface area (Å²) in [6, 6.07) is 16.2. The number of fused-ring (bicyclic) bond motifs is 3. The van der Waals surface area contributed by atoms with Crippen LogP contribution in [0.25, 0.3) is 22.2 Å². The minimum atomic E-state index is -4.19. The Morgan fingerprint density at radius 3 is 2.34 bits per heavy atom. The molecule has 4 heterocycles. The van der Waals surface area contributed by atoms with Gasteiger partial charge < -0.3 is 9.47 Å². The number of nitrogens with zero attached hydrogens (tertiary/aromatic N) is 5. The number of pyridine rings is 1. The Morgan fingerprint density at radius 2 is 1.66 bits per heavy atom. The molecule has 1 aliphatic carbocycles. The van der Waals surface area contributed by atoms with Gasteiger partial charge in [0.05, 0.1) is 21.7 Å². The maximum atomic E-state index is 14.3. The van der Waals surface area contributed by atoms with Crippen molar-refractivity contribution in [3.8, 4) is 11.3 Å². The van der Waals surface area contributed by atoms with Gasteiger partial charge in [0.2, 0.25) is 5.91 Å². The molecule has 0 radical (unpaired) electrons. The second-order valence-electron chi connectivity index (χ2n) is 11.3. The van der Waals surface area contributed by atoms with Crippen molar-refractivity contribution in [3.05, 3.63) is 99.7 Å². The van der Waals surface area contributed by atoms with Crippen molar-refractivity contribution in [1.29, 1.82) is 0 Å². The van der Waals surface area contributed by atoms with Crippen LogP contribution in [0.5, 0.6) is 0 Å². The number of para-hydroxylation sites is 1. The van der Waals surface area contributed by atoms with E-state index in [1.807, 2.05) is 38.1 Å². The molecule has 2 aromatic carbocycles. The van der Waals surface area contributed by atoms with Crippen LogP contribution in [0, 0.1) is 13.8 Å². The van der Waals surface area contributed by atoms with Crippen LogP contribution in [-0.4, -0.2) is 39.7 Å². The standard InChI is InChI=1S/C31H29N5O4S/c1-18-10-12-20(13-11-18)41(39,40)36-27(22-17-34(4)32-19(22)2)14-21-23(16-33(3)29(37)28(21)36)25-15-31(25)24-8-6-7-9-26(24)35(5)30(31)38/h6-14,16-17,25H,15H2,1-5H3. The van der Waals surface area contributed by atoms with E-state index in [1.54, 1.807) is 73.5 Å². The van der Waals surface area contributed by atoms with Crippen LogP contribution in [0.1, 0.15) is 34.7 Å². The van der Waals surface area contributed by atoms with E-state index in [9.17, 15) is 18.0 Å². The third kappa shape index (κ3) is 3.34. The molecule has 7 rings (SSSR count). The minimum Gasteiger partial charge on any atom is -0.316 e. The zero-order chi connectivity index (χ0) is 29.0. The van der Waals surface area contributed by atoms with E-state index in [0.29, 0.717) is 28.8 Å². The number of hydrogen-bond acceptors (Lipinski definition) is 5. The lowest BCUT2D eigenvalue weighted by atomic mass is 9.91. The Morgan fingerprint density at radius 1 is 0.951 bits per heavy atom. The summed E-state index contributed by atoms with van der Waals surface area (Å²) in [7, 11) is 0.997. The van der Waals surface area contributed by atoms with Crippen molar-refractivity contribution in [2.24, 2.45) is 14.1 Å². The van der Waals surface area contributed by atoms with Crippen LogP contribution in [0.4, 0.5) is 5.69 Å². The van der Waals surface area contributed by atoms with Crippen molar-refractivity contribution >= 4 is 32.5 Å². The third-order valence-electron chi connectivity index (χ3n) is 8.74. The Bertz CT molecular complexity index is 2100. The van der Waals surface area contributed by atoms with Crippen molar-refractivity contribution in [2.45, 2.75) is 36.5 Å². The van der Waals surface area contributed by atoms with E-state index >= 15 is 0 Å². The highest BCUT2D eigenvalue weighted by molar-refractivity contribution is 7.90. The molecule has 1 aliphatic heterocycles. The molecule has 0 N–H and O–H groups in total. The molecule has 208 valence electrons. The van der Waals surface area contributed by atoms with E-state index in [0.717, 1.165) is 22.4 Å². The summed E-state index contributed by atoms with van der Waals surface area (Å²) in [5.41, 5.74) is 4.06. The molecule has 1 saturated carbocycles. The van der Waals surface area contributed by atoms with Gasteiger partial charge in [0, 0.05) is 56.1 Å². The molecule has 1 amide bonds. The van der Waals surface area contributed by atoms with Gasteiger partial charge in [-0.05, 0) is 55.7 Å². The van der Waals surface area contributed by atoms with Crippen LogP contribution in [0.3, 0.4) is 0 Å². The molecule has 1 spiro atoms. The van der Waals surface area contributed by atoms with Gasteiger partial charge >= 0.3 is 0 Å². The fraction of sp³-hybridized carbons (Fsp3) is 0.258. The number of amides is 1. The van der Waals surface area contributed by atoms with Crippen LogP contribution in [0.15, 0.2) is 76.7 Å². The largest absolute Gasteiger partial charge is 0.316 e. The predicted molar refractivity (Wildman–Crippen MR) is 157 cm³/mol. The summed E-state index contributed by atoms with van der Waals surface area (Å²) < 4.78 is 32.9. The second kappa shape index (κ2) is 8.29. The van der Waals surface area contributed by atoms with Gasteiger partial charge in [-0.2, -0.15) is 5.10 Å². The molecular weight excluding hydrogens is 538 g/mol. The SMILES string of the molecule is Cc1ccc(S(=O)(=O)n2c(-c3cn(C)nc3C)cc3c(C4CC45C(=O)N(C)c4ccccc45)cn(C)c(=O)c32)cc1. The summed E-state index contributed by atoms with van der Waals surface area (Å²) in [4.78, 5) is 29.3. The van der Waals surface area contributed by atoms with E-state index < -0.39 is 21.0 Å². The molecule has 2 aliphatic rings. The van der Waals surface area contributed by atoms with E-state index in [-0.39, 0.29) is 22.2 Å². The first kappa shape index (κ1) is 25.5. The summed E-state index contributed by atoms with van der Waals surface area (Å²) in [5, 5.41) is 4.98. The zero-order valence-electron chi connectivity index (χ0n) is 23.4. The van der Waals surface area contributed by atoms with Crippen LogP contribution >= 0.6 is 0 Å². The molecule has 3 aromatic heterocycles. The molecule has 41 heavy (non-hydrogen) atoms. The molecule has 1 fully saturated rings.